The lowest BCUT2D eigenvalue weighted by Crippen LogP contribution is -2.04. The molecule has 0 amide bonds. The zero-order valence-electron chi connectivity index (χ0n) is 6.45. The van der Waals surface area contributed by atoms with Crippen LogP contribution in [0.4, 0.5) is 5.69 Å². The zero-order chi connectivity index (χ0) is 9.14. The van der Waals surface area contributed by atoms with Gasteiger partial charge in [-0.15, -0.1) is 0 Å². The predicted molar refractivity (Wildman–Crippen MR) is 45.7 cm³/mol. The van der Waals surface area contributed by atoms with Crippen LogP contribution in [-0.4, -0.2) is 11.1 Å². The average molecular weight is 166 g/mol. The van der Waals surface area contributed by atoms with E-state index in [1.165, 1.54) is 12.1 Å². The molecular weight excluding hydrogens is 156 g/mol. The van der Waals surface area contributed by atoms with Crippen molar-refractivity contribution in [3.8, 4) is 0 Å². The molecule has 1 rings (SSSR count). The van der Waals surface area contributed by atoms with Crippen LogP contribution in [0.2, 0.25) is 0 Å². The van der Waals surface area contributed by atoms with Crippen LogP contribution in [0, 0.1) is 0 Å². The fourth-order valence-corrected chi connectivity index (χ4v) is 0.914. The standard InChI is InChI=1S/C8H10N2O2/c9-4-6-2-1-5(8(11)12)3-7(6)10/h1-3H,4,9-10H2,(H,11,12). The number of benzene rings is 1. The van der Waals surface area contributed by atoms with Crippen LogP contribution in [-0.2, 0) is 6.54 Å². The molecule has 0 spiro atoms. The Bertz CT molecular complexity index is 310. The van der Waals surface area contributed by atoms with Crippen molar-refractivity contribution in [2.75, 3.05) is 5.73 Å². The van der Waals surface area contributed by atoms with Gasteiger partial charge in [-0.25, -0.2) is 4.79 Å². The maximum Gasteiger partial charge on any atom is 0.335 e. The van der Waals surface area contributed by atoms with Gasteiger partial charge in [0.1, 0.15) is 0 Å². The molecule has 0 unspecified atom stereocenters. The van der Waals surface area contributed by atoms with Crippen LogP contribution in [0.5, 0.6) is 0 Å². The second-order valence-electron chi connectivity index (χ2n) is 2.42. The van der Waals surface area contributed by atoms with Crippen LogP contribution in [0.3, 0.4) is 0 Å². The van der Waals surface area contributed by atoms with Gasteiger partial charge in [0.05, 0.1) is 5.56 Å². The first-order valence-corrected chi connectivity index (χ1v) is 3.47. The second-order valence-corrected chi connectivity index (χ2v) is 2.42. The Balaban J connectivity index is 3.10. The molecule has 0 aliphatic carbocycles. The third-order valence-corrected chi connectivity index (χ3v) is 1.61. The summed E-state index contributed by atoms with van der Waals surface area (Å²) >= 11 is 0. The first kappa shape index (κ1) is 8.55. The third kappa shape index (κ3) is 1.54. The monoisotopic (exact) mass is 166 g/mol. The first-order valence-electron chi connectivity index (χ1n) is 3.47. The Morgan fingerprint density at radius 1 is 1.50 bits per heavy atom. The van der Waals surface area contributed by atoms with Gasteiger partial charge >= 0.3 is 5.97 Å². The minimum absolute atomic E-state index is 0.185. The van der Waals surface area contributed by atoms with Crippen molar-refractivity contribution in [1.29, 1.82) is 0 Å². The van der Waals surface area contributed by atoms with E-state index in [-0.39, 0.29) is 5.56 Å². The van der Waals surface area contributed by atoms with Gasteiger partial charge < -0.3 is 16.6 Å². The number of hydrogen-bond donors (Lipinski definition) is 3. The number of anilines is 1. The van der Waals surface area contributed by atoms with Gasteiger partial charge in [-0.05, 0) is 17.7 Å². The number of carboxylic acid groups (broad SMARTS) is 1. The van der Waals surface area contributed by atoms with E-state index in [0.29, 0.717) is 12.2 Å². The van der Waals surface area contributed by atoms with Gasteiger partial charge in [-0.3, -0.25) is 0 Å². The summed E-state index contributed by atoms with van der Waals surface area (Å²) in [5.74, 6) is -0.981. The molecule has 4 heteroatoms. The van der Waals surface area contributed by atoms with E-state index in [0.717, 1.165) is 5.56 Å². The van der Waals surface area contributed by atoms with Crippen LogP contribution in [0.15, 0.2) is 18.2 Å². The highest BCUT2D eigenvalue weighted by Gasteiger charge is 2.04. The molecule has 12 heavy (non-hydrogen) atoms. The molecule has 0 fully saturated rings. The van der Waals surface area contributed by atoms with Gasteiger partial charge in [-0.2, -0.15) is 0 Å². The van der Waals surface area contributed by atoms with Crippen molar-refractivity contribution >= 4 is 11.7 Å². The molecule has 0 atom stereocenters. The minimum Gasteiger partial charge on any atom is -0.478 e. The van der Waals surface area contributed by atoms with Gasteiger partial charge in [0.25, 0.3) is 0 Å². The SMILES string of the molecule is NCc1ccc(C(=O)O)cc1N. The van der Waals surface area contributed by atoms with Crippen molar-refractivity contribution in [3.05, 3.63) is 29.3 Å². The van der Waals surface area contributed by atoms with Crippen molar-refractivity contribution in [1.82, 2.24) is 0 Å². The molecule has 0 aliphatic rings. The number of nitrogen functional groups attached to an aromatic ring is 1. The van der Waals surface area contributed by atoms with Crippen LogP contribution < -0.4 is 11.5 Å². The molecule has 0 aromatic heterocycles. The molecule has 0 bridgehead atoms. The van der Waals surface area contributed by atoms with E-state index in [9.17, 15) is 4.79 Å². The molecule has 1 aromatic rings. The highest BCUT2D eigenvalue weighted by molar-refractivity contribution is 5.88. The lowest BCUT2D eigenvalue weighted by Gasteiger charge is -2.02. The molecule has 64 valence electrons. The van der Waals surface area contributed by atoms with Gasteiger partial charge in [0.2, 0.25) is 0 Å². The van der Waals surface area contributed by atoms with Crippen LogP contribution in [0.1, 0.15) is 15.9 Å². The van der Waals surface area contributed by atoms with E-state index < -0.39 is 5.97 Å². The first-order chi connectivity index (χ1) is 5.65. The summed E-state index contributed by atoms with van der Waals surface area (Å²) in [4.78, 5) is 10.5. The van der Waals surface area contributed by atoms with E-state index in [1.54, 1.807) is 6.07 Å². The summed E-state index contributed by atoms with van der Waals surface area (Å²) in [7, 11) is 0. The summed E-state index contributed by atoms with van der Waals surface area (Å²) in [5.41, 5.74) is 12.3. The molecule has 0 radical (unpaired) electrons. The predicted octanol–water partition coefficient (Wildman–Crippen LogP) is 0.426. The Morgan fingerprint density at radius 3 is 2.58 bits per heavy atom. The third-order valence-electron chi connectivity index (χ3n) is 1.61. The number of carboxylic acids is 1. The Labute approximate surface area is 69.8 Å². The smallest absolute Gasteiger partial charge is 0.335 e. The number of carbonyl (C=O) groups is 1. The molecule has 5 N–H and O–H groups in total. The van der Waals surface area contributed by atoms with Crippen molar-refractivity contribution in [3.63, 3.8) is 0 Å². The van der Waals surface area contributed by atoms with Gasteiger partial charge in [0.15, 0.2) is 0 Å². The number of aromatic carboxylic acids is 1. The topological polar surface area (TPSA) is 89.3 Å². The summed E-state index contributed by atoms with van der Waals surface area (Å²) in [5, 5.41) is 8.59. The van der Waals surface area contributed by atoms with Crippen LogP contribution in [0.25, 0.3) is 0 Å². The average Bonchev–Trinajstić information content (AvgIpc) is 2.04. The van der Waals surface area contributed by atoms with E-state index >= 15 is 0 Å². The van der Waals surface area contributed by atoms with Gasteiger partial charge in [-0.1, -0.05) is 6.07 Å². The largest absolute Gasteiger partial charge is 0.478 e. The normalized spacial score (nSPS) is 9.75. The number of nitrogens with two attached hydrogens (primary N) is 2. The van der Waals surface area contributed by atoms with Gasteiger partial charge in [0, 0.05) is 12.2 Å². The molecule has 0 saturated carbocycles. The zero-order valence-corrected chi connectivity index (χ0v) is 6.45. The lowest BCUT2D eigenvalue weighted by molar-refractivity contribution is 0.0697. The number of hydrogen-bond acceptors (Lipinski definition) is 3. The van der Waals surface area contributed by atoms with Crippen molar-refractivity contribution in [2.24, 2.45) is 5.73 Å². The quantitative estimate of drug-likeness (QED) is 0.555. The molecule has 0 saturated heterocycles. The Hall–Kier alpha value is -1.55. The maximum atomic E-state index is 10.5. The summed E-state index contributed by atoms with van der Waals surface area (Å²) in [6.07, 6.45) is 0. The second kappa shape index (κ2) is 3.23. The summed E-state index contributed by atoms with van der Waals surface area (Å²) in [6, 6.07) is 4.52. The molecule has 1 aromatic carbocycles. The van der Waals surface area contributed by atoms with Crippen molar-refractivity contribution < 1.29 is 9.90 Å². The fourth-order valence-electron chi connectivity index (χ4n) is 0.914. The highest BCUT2D eigenvalue weighted by Crippen LogP contribution is 2.13. The molecular formula is C8H10N2O2. The Kier molecular flexibility index (Phi) is 2.30. The van der Waals surface area contributed by atoms with E-state index in [1.807, 2.05) is 0 Å². The highest BCUT2D eigenvalue weighted by atomic mass is 16.4. The maximum absolute atomic E-state index is 10.5. The molecule has 0 heterocycles. The van der Waals surface area contributed by atoms with Crippen LogP contribution >= 0.6 is 0 Å². The number of rotatable bonds is 2. The van der Waals surface area contributed by atoms with E-state index in [4.69, 9.17) is 16.6 Å². The summed E-state index contributed by atoms with van der Waals surface area (Å²) in [6.45, 7) is 0.325. The fraction of sp³-hybridized carbons (Fsp3) is 0.125. The van der Waals surface area contributed by atoms with Crippen molar-refractivity contribution in [2.45, 2.75) is 6.54 Å². The van der Waals surface area contributed by atoms with E-state index in [2.05, 4.69) is 0 Å². The minimum atomic E-state index is -0.981. The summed E-state index contributed by atoms with van der Waals surface area (Å²) < 4.78 is 0. The molecule has 0 aliphatic heterocycles. The Morgan fingerprint density at radius 2 is 2.17 bits per heavy atom. The molecule has 4 nitrogen and oxygen atoms in total. The lowest BCUT2D eigenvalue weighted by atomic mass is 10.1.